The molecule has 0 radical (unpaired) electrons. The van der Waals surface area contributed by atoms with Crippen molar-refractivity contribution in [2.24, 2.45) is 11.7 Å². The lowest BCUT2D eigenvalue weighted by atomic mass is 10.1. The first-order chi connectivity index (χ1) is 8.56. The molecule has 5 heteroatoms. The van der Waals surface area contributed by atoms with Crippen LogP contribution in [0.5, 0.6) is 0 Å². The minimum Gasteiger partial charge on any atom is -0.334 e. The Morgan fingerprint density at radius 1 is 1.67 bits per heavy atom. The highest BCUT2D eigenvalue weighted by atomic mass is 35.5. The molecule has 0 aliphatic heterocycles. The highest BCUT2D eigenvalue weighted by molar-refractivity contribution is 7.16. The molecule has 100 valence electrons. The van der Waals surface area contributed by atoms with E-state index in [1.165, 1.54) is 11.3 Å². The Morgan fingerprint density at radius 2 is 2.39 bits per heavy atom. The van der Waals surface area contributed by atoms with E-state index in [0.29, 0.717) is 26.1 Å². The zero-order chi connectivity index (χ0) is 13.5. The molecule has 18 heavy (non-hydrogen) atoms. The molecule has 0 fully saturated rings. The molecule has 0 bridgehead atoms. The predicted octanol–water partition coefficient (Wildman–Crippen LogP) is 2.90. The van der Waals surface area contributed by atoms with Gasteiger partial charge in [0.1, 0.15) is 0 Å². The molecular weight excluding hydrogens is 268 g/mol. The number of carbonyl (C=O) groups is 1. The Kier molecular flexibility index (Phi) is 6.39. The third-order valence-electron chi connectivity index (χ3n) is 2.60. The summed E-state index contributed by atoms with van der Waals surface area (Å²) in [5, 5.41) is 0. The molecule has 0 saturated carbocycles. The summed E-state index contributed by atoms with van der Waals surface area (Å²) < 4.78 is 0.742. The molecule has 1 rings (SSSR count). The Morgan fingerprint density at radius 3 is 2.89 bits per heavy atom. The molecule has 1 aromatic rings. The summed E-state index contributed by atoms with van der Waals surface area (Å²) in [7, 11) is 0. The van der Waals surface area contributed by atoms with E-state index < -0.39 is 0 Å². The smallest absolute Gasteiger partial charge is 0.223 e. The largest absolute Gasteiger partial charge is 0.334 e. The maximum absolute atomic E-state index is 12.1. The van der Waals surface area contributed by atoms with Gasteiger partial charge in [-0.15, -0.1) is 17.9 Å². The zero-order valence-corrected chi connectivity index (χ0v) is 12.1. The summed E-state index contributed by atoms with van der Waals surface area (Å²) in [6, 6.07) is 3.79. The molecule has 1 unspecified atom stereocenters. The highest BCUT2D eigenvalue weighted by Gasteiger charge is 2.16. The molecule has 0 aliphatic carbocycles. The SMILES string of the molecule is C=CCN(Cc1ccc(Cl)s1)C(=O)CC(C)CN. The molecule has 1 atom stereocenters. The molecule has 0 aliphatic rings. The van der Waals surface area contributed by atoms with Crippen molar-refractivity contribution in [3.05, 3.63) is 34.0 Å². The van der Waals surface area contributed by atoms with Gasteiger partial charge in [0, 0.05) is 17.8 Å². The summed E-state index contributed by atoms with van der Waals surface area (Å²) in [5.41, 5.74) is 5.54. The number of halogens is 1. The van der Waals surface area contributed by atoms with Crippen LogP contribution < -0.4 is 5.73 Å². The van der Waals surface area contributed by atoms with E-state index in [9.17, 15) is 4.79 Å². The lowest BCUT2D eigenvalue weighted by Gasteiger charge is -2.22. The minimum absolute atomic E-state index is 0.109. The van der Waals surface area contributed by atoms with Gasteiger partial charge in [0.25, 0.3) is 0 Å². The van der Waals surface area contributed by atoms with Crippen LogP contribution in [0, 0.1) is 5.92 Å². The van der Waals surface area contributed by atoms with Crippen molar-refractivity contribution in [1.29, 1.82) is 0 Å². The molecule has 1 amide bonds. The minimum atomic E-state index is 0.109. The lowest BCUT2D eigenvalue weighted by Crippen LogP contribution is -2.32. The van der Waals surface area contributed by atoms with E-state index in [-0.39, 0.29) is 11.8 Å². The summed E-state index contributed by atoms with van der Waals surface area (Å²) in [4.78, 5) is 15.0. The van der Waals surface area contributed by atoms with Gasteiger partial charge in [-0.05, 0) is 24.6 Å². The van der Waals surface area contributed by atoms with Gasteiger partial charge < -0.3 is 10.6 Å². The van der Waals surface area contributed by atoms with Gasteiger partial charge in [-0.1, -0.05) is 24.6 Å². The van der Waals surface area contributed by atoms with Crippen molar-refractivity contribution in [3.63, 3.8) is 0 Å². The molecule has 0 spiro atoms. The van der Waals surface area contributed by atoms with Gasteiger partial charge in [0.05, 0.1) is 10.9 Å². The highest BCUT2D eigenvalue weighted by Crippen LogP contribution is 2.23. The van der Waals surface area contributed by atoms with Crippen molar-refractivity contribution in [3.8, 4) is 0 Å². The first-order valence-corrected chi connectivity index (χ1v) is 7.09. The maximum atomic E-state index is 12.1. The molecule has 1 heterocycles. The van der Waals surface area contributed by atoms with Crippen LogP contribution in [0.2, 0.25) is 4.34 Å². The third kappa shape index (κ3) is 4.80. The Balaban J connectivity index is 2.64. The van der Waals surface area contributed by atoms with Crippen LogP contribution in [0.3, 0.4) is 0 Å². The average molecular weight is 287 g/mol. The van der Waals surface area contributed by atoms with Crippen LogP contribution in [0.4, 0.5) is 0 Å². The Labute approximate surface area is 117 Å². The number of amides is 1. The van der Waals surface area contributed by atoms with E-state index in [2.05, 4.69) is 6.58 Å². The van der Waals surface area contributed by atoms with Crippen molar-refractivity contribution in [2.45, 2.75) is 19.9 Å². The molecule has 0 saturated heterocycles. The molecule has 3 nitrogen and oxygen atoms in total. The zero-order valence-electron chi connectivity index (χ0n) is 10.6. The molecule has 2 N–H and O–H groups in total. The third-order valence-corrected chi connectivity index (χ3v) is 3.82. The number of thiophene rings is 1. The van der Waals surface area contributed by atoms with Crippen LogP contribution in [0.25, 0.3) is 0 Å². The Hall–Kier alpha value is -0.840. The average Bonchev–Trinajstić information content (AvgIpc) is 2.74. The summed E-state index contributed by atoms with van der Waals surface area (Å²) in [6.07, 6.45) is 2.21. The van der Waals surface area contributed by atoms with Crippen LogP contribution >= 0.6 is 22.9 Å². The Bertz CT molecular complexity index is 405. The molecular formula is C13H19ClN2OS. The van der Waals surface area contributed by atoms with Crippen LogP contribution in [0.1, 0.15) is 18.2 Å². The van der Waals surface area contributed by atoms with Gasteiger partial charge >= 0.3 is 0 Å². The van der Waals surface area contributed by atoms with Gasteiger partial charge in [-0.25, -0.2) is 0 Å². The number of hydrogen-bond donors (Lipinski definition) is 1. The van der Waals surface area contributed by atoms with E-state index in [4.69, 9.17) is 17.3 Å². The van der Waals surface area contributed by atoms with Crippen LogP contribution in [0.15, 0.2) is 24.8 Å². The first kappa shape index (κ1) is 15.2. The number of nitrogens with zero attached hydrogens (tertiary/aromatic N) is 1. The number of nitrogens with two attached hydrogens (primary N) is 1. The van der Waals surface area contributed by atoms with E-state index in [0.717, 1.165) is 9.21 Å². The number of rotatable bonds is 7. The van der Waals surface area contributed by atoms with Gasteiger partial charge in [0.15, 0.2) is 0 Å². The second kappa shape index (κ2) is 7.56. The van der Waals surface area contributed by atoms with E-state index in [1.54, 1.807) is 11.0 Å². The quantitative estimate of drug-likeness (QED) is 0.784. The fraction of sp³-hybridized carbons (Fsp3) is 0.462. The second-order valence-electron chi connectivity index (χ2n) is 4.31. The summed E-state index contributed by atoms with van der Waals surface area (Å²) in [6.45, 7) is 7.32. The van der Waals surface area contributed by atoms with E-state index in [1.807, 2.05) is 19.1 Å². The van der Waals surface area contributed by atoms with Crippen molar-refractivity contribution < 1.29 is 4.79 Å². The first-order valence-electron chi connectivity index (χ1n) is 5.89. The van der Waals surface area contributed by atoms with Gasteiger partial charge in [-0.2, -0.15) is 0 Å². The normalized spacial score (nSPS) is 12.2. The van der Waals surface area contributed by atoms with Crippen LogP contribution in [-0.4, -0.2) is 23.9 Å². The molecule has 0 aromatic carbocycles. The van der Waals surface area contributed by atoms with Crippen molar-refractivity contribution >= 4 is 28.8 Å². The van der Waals surface area contributed by atoms with Crippen molar-refractivity contribution in [2.75, 3.05) is 13.1 Å². The monoisotopic (exact) mass is 286 g/mol. The van der Waals surface area contributed by atoms with Gasteiger partial charge in [-0.3, -0.25) is 4.79 Å². The van der Waals surface area contributed by atoms with Crippen molar-refractivity contribution in [1.82, 2.24) is 4.90 Å². The van der Waals surface area contributed by atoms with Gasteiger partial charge in [0.2, 0.25) is 5.91 Å². The lowest BCUT2D eigenvalue weighted by molar-refractivity contribution is -0.132. The summed E-state index contributed by atoms with van der Waals surface area (Å²) in [5.74, 6) is 0.314. The second-order valence-corrected chi connectivity index (χ2v) is 6.11. The van der Waals surface area contributed by atoms with Crippen LogP contribution in [-0.2, 0) is 11.3 Å². The predicted molar refractivity (Wildman–Crippen MR) is 77.8 cm³/mol. The fourth-order valence-corrected chi connectivity index (χ4v) is 2.65. The standard InChI is InChI=1S/C13H19ClN2OS/c1-3-6-16(13(17)7-10(2)8-15)9-11-4-5-12(14)18-11/h3-5,10H,1,6-9,15H2,2H3. The number of hydrogen-bond acceptors (Lipinski definition) is 3. The van der Waals surface area contributed by atoms with E-state index >= 15 is 0 Å². The topological polar surface area (TPSA) is 46.3 Å². The maximum Gasteiger partial charge on any atom is 0.223 e. The fourth-order valence-electron chi connectivity index (χ4n) is 1.55. The summed E-state index contributed by atoms with van der Waals surface area (Å²) >= 11 is 7.38. The number of carbonyl (C=O) groups excluding carboxylic acids is 1. The molecule has 1 aromatic heterocycles.